The third-order valence-corrected chi connectivity index (χ3v) is 7.71. The van der Waals surface area contributed by atoms with E-state index in [1.54, 1.807) is 19.1 Å². The Bertz CT molecular complexity index is 1100. The van der Waals surface area contributed by atoms with E-state index in [1.165, 1.54) is 18.2 Å². The van der Waals surface area contributed by atoms with Crippen molar-refractivity contribution < 1.29 is 26.4 Å². The maximum Gasteiger partial charge on any atom is 0.416 e. The number of hydrogen-bond donors (Lipinski definition) is 1. The van der Waals surface area contributed by atoms with Crippen LogP contribution in [0, 0.1) is 6.92 Å². The first kappa shape index (κ1) is 27.0. The lowest BCUT2D eigenvalue weighted by atomic mass is 10.2. The zero-order valence-corrected chi connectivity index (χ0v) is 20.7. The number of anilines is 1. The van der Waals surface area contributed by atoms with E-state index in [1.807, 2.05) is 0 Å². The van der Waals surface area contributed by atoms with Crippen molar-refractivity contribution in [3.8, 4) is 0 Å². The minimum absolute atomic E-state index is 0.108. The van der Waals surface area contributed by atoms with Crippen LogP contribution in [0.5, 0.6) is 0 Å². The second-order valence-corrected chi connectivity index (χ2v) is 10.6. The van der Waals surface area contributed by atoms with Crippen molar-refractivity contribution in [3.63, 3.8) is 0 Å². The maximum atomic E-state index is 13.4. The summed E-state index contributed by atoms with van der Waals surface area (Å²) in [6.07, 6.45) is -3.97. The molecule has 2 aromatic rings. The Morgan fingerprint density at radius 3 is 2.34 bits per heavy atom. The third kappa shape index (κ3) is 7.42. The van der Waals surface area contributed by atoms with Gasteiger partial charge in [0.2, 0.25) is 5.91 Å². The number of alkyl halides is 3. The van der Waals surface area contributed by atoms with Crippen molar-refractivity contribution in [1.29, 1.82) is 0 Å². The van der Waals surface area contributed by atoms with Crippen molar-refractivity contribution in [2.45, 2.75) is 24.4 Å². The fourth-order valence-electron chi connectivity index (χ4n) is 3.78. The van der Waals surface area contributed by atoms with Crippen LogP contribution in [0.15, 0.2) is 53.4 Å². The fourth-order valence-corrected chi connectivity index (χ4v) is 5.19. The number of hydrogen-bond acceptors (Lipinski definition) is 5. The molecular formula is C24H31F3N4O3S. The topological polar surface area (TPSA) is 73.0 Å². The first-order valence-corrected chi connectivity index (χ1v) is 12.8. The number of nitrogens with one attached hydrogen (secondary N) is 1. The van der Waals surface area contributed by atoms with Gasteiger partial charge in [-0.3, -0.25) is 9.10 Å². The predicted molar refractivity (Wildman–Crippen MR) is 129 cm³/mol. The van der Waals surface area contributed by atoms with Gasteiger partial charge in [0.15, 0.2) is 0 Å². The zero-order chi connectivity index (χ0) is 25.6. The standard InChI is InChI=1S/C24H31F3N4O3S/c1-19-7-9-22(10-8-19)35(33,34)31(21-6-3-5-20(17-21)24(25,26)27)18-23(32)28-11-4-12-30-15-13-29(2)14-16-30/h3,5-10,17H,4,11-16,18H2,1-2H3,(H,28,32). The average molecular weight is 513 g/mol. The molecule has 35 heavy (non-hydrogen) atoms. The van der Waals surface area contributed by atoms with E-state index in [0.29, 0.717) is 13.0 Å². The predicted octanol–water partition coefficient (Wildman–Crippen LogP) is 2.96. The quantitative estimate of drug-likeness (QED) is 0.523. The number of sulfonamides is 1. The lowest BCUT2D eigenvalue weighted by Crippen LogP contribution is -2.45. The molecule has 0 unspecified atom stereocenters. The Balaban J connectivity index is 1.73. The molecule has 0 aliphatic carbocycles. The molecule has 0 aromatic heterocycles. The molecule has 0 saturated carbocycles. The van der Waals surface area contributed by atoms with E-state index >= 15 is 0 Å². The van der Waals surface area contributed by atoms with Gasteiger partial charge in [0.25, 0.3) is 10.0 Å². The monoisotopic (exact) mass is 512 g/mol. The van der Waals surface area contributed by atoms with Crippen LogP contribution < -0.4 is 9.62 Å². The highest BCUT2D eigenvalue weighted by molar-refractivity contribution is 7.92. The number of aryl methyl sites for hydroxylation is 1. The van der Waals surface area contributed by atoms with Gasteiger partial charge in [0.1, 0.15) is 6.54 Å². The van der Waals surface area contributed by atoms with Gasteiger partial charge in [0.05, 0.1) is 16.1 Å². The number of piperazine rings is 1. The second kappa shape index (κ2) is 11.4. The normalized spacial score (nSPS) is 15.7. The molecule has 1 heterocycles. The van der Waals surface area contributed by atoms with Crippen molar-refractivity contribution >= 4 is 21.6 Å². The minimum Gasteiger partial charge on any atom is -0.354 e. The summed E-state index contributed by atoms with van der Waals surface area (Å²) in [4.78, 5) is 17.1. The highest BCUT2D eigenvalue weighted by Gasteiger charge is 2.33. The van der Waals surface area contributed by atoms with E-state index < -0.39 is 34.2 Å². The Labute approximate surface area is 204 Å². The summed E-state index contributed by atoms with van der Waals surface area (Å²) in [5, 5.41) is 2.70. The van der Waals surface area contributed by atoms with Crippen LogP contribution in [-0.2, 0) is 21.0 Å². The number of rotatable bonds is 9. The third-order valence-electron chi connectivity index (χ3n) is 5.93. The average Bonchev–Trinajstić information content (AvgIpc) is 2.81. The summed E-state index contributed by atoms with van der Waals surface area (Å²) < 4.78 is 67.3. The molecule has 0 atom stereocenters. The molecule has 1 amide bonds. The molecule has 0 spiro atoms. The van der Waals surface area contributed by atoms with Gasteiger partial charge in [-0.1, -0.05) is 23.8 Å². The summed E-state index contributed by atoms with van der Waals surface area (Å²) in [6.45, 7) is 6.15. The number of nitrogens with zero attached hydrogens (tertiary/aromatic N) is 3. The molecule has 7 nitrogen and oxygen atoms in total. The van der Waals surface area contributed by atoms with Crippen LogP contribution in [0.25, 0.3) is 0 Å². The molecule has 1 saturated heterocycles. The first-order chi connectivity index (χ1) is 16.5. The lowest BCUT2D eigenvalue weighted by Gasteiger charge is -2.32. The van der Waals surface area contributed by atoms with E-state index in [4.69, 9.17) is 0 Å². The molecule has 1 fully saturated rings. The van der Waals surface area contributed by atoms with E-state index in [9.17, 15) is 26.4 Å². The van der Waals surface area contributed by atoms with Gasteiger partial charge in [-0.2, -0.15) is 13.2 Å². The second-order valence-electron chi connectivity index (χ2n) is 8.72. The van der Waals surface area contributed by atoms with Gasteiger partial charge < -0.3 is 15.1 Å². The van der Waals surface area contributed by atoms with Gasteiger partial charge in [-0.15, -0.1) is 0 Å². The largest absolute Gasteiger partial charge is 0.416 e. The first-order valence-electron chi connectivity index (χ1n) is 11.4. The fraction of sp³-hybridized carbons (Fsp3) is 0.458. The van der Waals surface area contributed by atoms with Crippen molar-refractivity contribution in [2.24, 2.45) is 0 Å². The molecular weight excluding hydrogens is 481 g/mol. The summed E-state index contributed by atoms with van der Waals surface area (Å²) in [5.74, 6) is -0.587. The molecule has 1 aliphatic heterocycles. The number of likely N-dealkylation sites (N-methyl/N-ethyl adjacent to an activating group) is 1. The molecule has 2 aromatic carbocycles. The van der Waals surface area contributed by atoms with Crippen LogP contribution in [-0.4, -0.2) is 77.0 Å². The van der Waals surface area contributed by atoms with Crippen molar-refractivity contribution in [1.82, 2.24) is 15.1 Å². The lowest BCUT2D eigenvalue weighted by molar-refractivity contribution is -0.137. The van der Waals surface area contributed by atoms with Gasteiger partial charge in [0, 0.05) is 32.7 Å². The molecule has 192 valence electrons. The minimum atomic E-state index is -4.65. The number of carbonyl (C=O) groups is 1. The Morgan fingerprint density at radius 2 is 1.71 bits per heavy atom. The van der Waals surface area contributed by atoms with Gasteiger partial charge in [-0.05, 0) is 57.3 Å². The Hall–Kier alpha value is -2.63. The van der Waals surface area contributed by atoms with Gasteiger partial charge >= 0.3 is 6.18 Å². The SMILES string of the molecule is Cc1ccc(S(=O)(=O)N(CC(=O)NCCCN2CCN(C)CC2)c2cccc(C(F)(F)F)c2)cc1. The molecule has 11 heteroatoms. The zero-order valence-electron chi connectivity index (χ0n) is 19.9. The number of carbonyl (C=O) groups excluding carboxylic acids is 1. The van der Waals surface area contributed by atoms with Crippen molar-refractivity contribution in [3.05, 3.63) is 59.7 Å². The van der Waals surface area contributed by atoms with E-state index in [2.05, 4.69) is 22.2 Å². The molecule has 0 radical (unpaired) electrons. The maximum absolute atomic E-state index is 13.4. The molecule has 1 N–H and O–H groups in total. The molecule has 0 bridgehead atoms. The number of benzene rings is 2. The summed E-state index contributed by atoms with van der Waals surface area (Å²) in [5.41, 5.74) is -0.396. The highest BCUT2D eigenvalue weighted by atomic mass is 32.2. The van der Waals surface area contributed by atoms with Crippen molar-refractivity contribution in [2.75, 3.05) is 57.2 Å². The van der Waals surface area contributed by atoms with Crippen LogP contribution in [0.3, 0.4) is 0 Å². The molecule has 3 rings (SSSR count). The van der Waals surface area contributed by atoms with Crippen LogP contribution in [0.2, 0.25) is 0 Å². The van der Waals surface area contributed by atoms with E-state index in [0.717, 1.165) is 60.8 Å². The van der Waals surface area contributed by atoms with Crippen LogP contribution in [0.1, 0.15) is 17.5 Å². The Morgan fingerprint density at radius 1 is 1.06 bits per heavy atom. The highest BCUT2D eigenvalue weighted by Crippen LogP contribution is 2.33. The summed E-state index contributed by atoms with van der Waals surface area (Å²) >= 11 is 0. The summed E-state index contributed by atoms with van der Waals surface area (Å²) in [6, 6.07) is 9.92. The number of amides is 1. The van der Waals surface area contributed by atoms with E-state index in [-0.39, 0.29) is 10.6 Å². The summed E-state index contributed by atoms with van der Waals surface area (Å²) in [7, 11) is -2.22. The van der Waals surface area contributed by atoms with Crippen LogP contribution in [0.4, 0.5) is 18.9 Å². The smallest absolute Gasteiger partial charge is 0.354 e. The van der Waals surface area contributed by atoms with Crippen LogP contribution >= 0.6 is 0 Å². The molecule has 1 aliphatic rings. The Kier molecular flexibility index (Phi) is 8.79. The van der Waals surface area contributed by atoms with Gasteiger partial charge in [-0.25, -0.2) is 8.42 Å². The number of halogens is 3.